The van der Waals surface area contributed by atoms with E-state index in [0.717, 1.165) is 11.7 Å². The third-order valence-corrected chi connectivity index (χ3v) is 4.94. The smallest absolute Gasteiger partial charge is 0.115 e. The molecule has 1 aromatic carbocycles. The molecule has 94 valence electrons. The standard InChI is InChI=1S/C14H21NOS/c1-15-13(14-4-2-3-9-17-14)10-11-5-7-12(16)8-6-11/h5-8,13-16H,2-4,9-10H2,1H3. The van der Waals surface area contributed by atoms with Gasteiger partial charge >= 0.3 is 0 Å². The van der Waals surface area contributed by atoms with Crippen LogP contribution in [0.15, 0.2) is 24.3 Å². The van der Waals surface area contributed by atoms with Crippen LogP contribution in [0.25, 0.3) is 0 Å². The van der Waals surface area contributed by atoms with E-state index in [4.69, 9.17) is 0 Å². The van der Waals surface area contributed by atoms with Gasteiger partial charge in [0.25, 0.3) is 0 Å². The number of likely N-dealkylation sites (N-methyl/N-ethyl adjacent to an activating group) is 1. The number of nitrogens with one attached hydrogen (secondary N) is 1. The Hall–Kier alpha value is -0.670. The molecule has 2 unspecified atom stereocenters. The Morgan fingerprint density at radius 3 is 2.71 bits per heavy atom. The number of hydrogen-bond acceptors (Lipinski definition) is 3. The van der Waals surface area contributed by atoms with Gasteiger partial charge in [-0.05, 0) is 49.8 Å². The van der Waals surface area contributed by atoms with E-state index in [-0.39, 0.29) is 0 Å². The zero-order chi connectivity index (χ0) is 12.1. The van der Waals surface area contributed by atoms with E-state index in [1.807, 2.05) is 12.1 Å². The lowest BCUT2D eigenvalue weighted by molar-refractivity contribution is 0.473. The Kier molecular flexibility index (Phi) is 4.75. The summed E-state index contributed by atoms with van der Waals surface area (Å²) in [5.74, 6) is 1.65. The lowest BCUT2D eigenvalue weighted by Crippen LogP contribution is -2.38. The maximum absolute atomic E-state index is 9.28. The quantitative estimate of drug-likeness (QED) is 0.863. The summed E-state index contributed by atoms with van der Waals surface area (Å²) in [6, 6.07) is 8.14. The van der Waals surface area contributed by atoms with Crippen LogP contribution in [0.3, 0.4) is 0 Å². The molecule has 0 aromatic heterocycles. The van der Waals surface area contributed by atoms with Crippen molar-refractivity contribution in [3.63, 3.8) is 0 Å². The summed E-state index contributed by atoms with van der Waals surface area (Å²) in [5, 5.41) is 13.5. The highest BCUT2D eigenvalue weighted by atomic mass is 32.2. The molecule has 0 spiro atoms. The molecular weight excluding hydrogens is 230 g/mol. The van der Waals surface area contributed by atoms with Crippen molar-refractivity contribution in [3.05, 3.63) is 29.8 Å². The molecular formula is C14H21NOS. The number of thioether (sulfide) groups is 1. The van der Waals surface area contributed by atoms with Crippen LogP contribution in [0.2, 0.25) is 0 Å². The van der Waals surface area contributed by atoms with Crippen molar-refractivity contribution >= 4 is 11.8 Å². The third-order valence-electron chi connectivity index (χ3n) is 3.43. The molecule has 1 aliphatic rings. The summed E-state index contributed by atoms with van der Waals surface area (Å²) in [5.41, 5.74) is 1.30. The molecule has 1 aromatic rings. The van der Waals surface area contributed by atoms with Crippen molar-refractivity contribution in [1.29, 1.82) is 0 Å². The van der Waals surface area contributed by atoms with Gasteiger partial charge in [0.1, 0.15) is 5.75 Å². The van der Waals surface area contributed by atoms with Crippen molar-refractivity contribution in [3.8, 4) is 5.75 Å². The average Bonchev–Trinajstić information content (AvgIpc) is 2.39. The molecule has 0 aliphatic carbocycles. The Morgan fingerprint density at radius 2 is 2.12 bits per heavy atom. The number of phenols is 1. The van der Waals surface area contributed by atoms with Crippen molar-refractivity contribution in [2.24, 2.45) is 0 Å². The monoisotopic (exact) mass is 251 g/mol. The second-order valence-electron chi connectivity index (χ2n) is 4.67. The Labute approximate surface area is 108 Å². The first-order valence-electron chi connectivity index (χ1n) is 6.36. The van der Waals surface area contributed by atoms with Crippen molar-refractivity contribution in [2.75, 3.05) is 12.8 Å². The molecule has 0 amide bonds. The number of hydrogen-bond donors (Lipinski definition) is 2. The molecule has 1 saturated heterocycles. The van der Waals surface area contributed by atoms with E-state index in [1.165, 1.54) is 30.6 Å². The molecule has 2 rings (SSSR count). The fourth-order valence-electron chi connectivity index (χ4n) is 2.39. The largest absolute Gasteiger partial charge is 0.508 e. The first-order chi connectivity index (χ1) is 8.29. The molecule has 1 aliphatic heterocycles. The summed E-state index contributed by atoms with van der Waals surface area (Å²) >= 11 is 2.11. The van der Waals surface area contributed by atoms with Gasteiger partial charge in [-0.3, -0.25) is 0 Å². The van der Waals surface area contributed by atoms with Crippen LogP contribution < -0.4 is 5.32 Å². The second kappa shape index (κ2) is 6.31. The zero-order valence-corrected chi connectivity index (χ0v) is 11.2. The maximum Gasteiger partial charge on any atom is 0.115 e. The van der Waals surface area contributed by atoms with E-state index in [0.29, 0.717) is 11.8 Å². The van der Waals surface area contributed by atoms with Gasteiger partial charge in [-0.25, -0.2) is 0 Å². The highest BCUT2D eigenvalue weighted by Crippen LogP contribution is 2.29. The number of phenolic OH excluding ortho intramolecular Hbond substituents is 1. The zero-order valence-electron chi connectivity index (χ0n) is 10.4. The average molecular weight is 251 g/mol. The molecule has 0 radical (unpaired) electrons. The van der Waals surface area contributed by atoms with Crippen LogP contribution >= 0.6 is 11.8 Å². The van der Waals surface area contributed by atoms with E-state index in [9.17, 15) is 5.11 Å². The summed E-state index contributed by atoms with van der Waals surface area (Å²) < 4.78 is 0. The molecule has 0 saturated carbocycles. The lowest BCUT2D eigenvalue weighted by Gasteiger charge is -2.29. The van der Waals surface area contributed by atoms with Crippen LogP contribution in [-0.4, -0.2) is 29.2 Å². The van der Waals surface area contributed by atoms with Gasteiger partial charge in [0.2, 0.25) is 0 Å². The predicted molar refractivity (Wildman–Crippen MR) is 74.8 cm³/mol. The van der Waals surface area contributed by atoms with E-state index < -0.39 is 0 Å². The fraction of sp³-hybridized carbons (Fsp3) is 0.571. The maximum atomic E-state index is 9.28. The Balaban J connectivity index is 1.96. The summed E-state index contributed by atoms with van der Waals surface area (Å²) in [6.45, 7) is 0. The molecule has 1 heterocycles. The van der Waals surface area contributed by atoms with Crippen LogP contribution in [-0.2, 0) is 6.42 Å². The molecule has 2 nitrogen and oxygen atoms in total. The van der Waals surface area contributed by atoms with Crippen LogP contribution in [0.5, 0.6) is 5.75 Å². The second-order valence-corrected chi connectivity index (χ2v) is 6.02. The van der Waals surface area contributed by atoms with Gasteiger partial charge < -0.3 is 10.4 Å². The normalized spacial score (nSPS) is 22.3. The van der Waals surface area contributed by atoms with Gasteiger partial charge in [0.15, 0.2) is 0 Å². The Bertz CT molecular complexity index is 333. The summed E-state index contributed by atoms with van der Waals surface area (Å²) in [6.07, 6.45) is 5.12. The molecule has 2 N–H and O–H groups in total. The lowest BCUT2D eigenvalue weighted by atomic mass is 9.99. The van der Waals surface area contributed by atoms with Crippen LogP contribution in [0.1, 0.15) is 24.8 Å². The van der Waals surface area contributed by atoms with E-state index >= 15 is 0 Å². The highest BCUT2D eigenvalue weighted by molar-refractivity contribution is 8.00. The van der Waals surface area contributed by atoms with E-state index in [2.05, 4.69) is 24.1 Å². The topological polar surface area (TPSA) is 32.3 Å². The van der Waals surface area contributed by atoms with Crippen LogP contribution in [0.4, 0.5) is 0 Å². The SMILES string of the molecule is CNC(Cc1ccc(O)cc1)C1CCCCS1. The molecule has 0 bridgehead atoms. The molecule has 1 fully saturated rings. The van der Waals surface area contributed by atoms with E-state index in [1.54, 1.807) is 12.1 Å². The minimum absolute atomic E-state index is 0.349. The van der Waals surface area contributed by atoms with Gasteiger partial charge in [-0.15, -0.1) is 0 Å². The fourth-order valence-corrected chi connectivity index (χ4v) is 3.86. The summed E-state index contributed by atoms with van der Waals surface area (Å²) in [4.78, 5) is 0. The third kappa shape index (κ3) is 3.65. The first kappa shape index (κ1) is 12.8. The van der Waals surface area contributed by atoms with Gasteiger partial charge in [0.05, 0.1) is 0 Å². The summed E-state index contributed by atoms with van der Waals surface area (Å²) in [7, 11) is 2.06. The number of benzene rings is 1. The highest BCUT2D eigenvalue weighted by Gasteiger charge is 2.22. The minimum atomic E-state index is 0.349. The van der Waals surface area contributed by atoms with Gasteiger partial charge in [-0.1, -0.05) is 18.6 Å². The van der Waals surface area contributed by atoms with Gasteiger partial charge in [0, 0.05) is 11.3 Å². The van der Waals surface area contributed by atoms with Crippen molar-refractivity contribution in [1.82, 2.24) is 5.32 Å². The number of aromatic hydroxyl groups is 1. The van der Waals surface area contributed by atoms with Crippen molar-refractivity contribution in [2.45, 2.75) is 37.0 Å². The predicted octanol–water partition coefficient (Wildman–Crippen LogP) is 2.81. The Morgan fingerprint density at radius 1 is 1.35 bits per heavy atom. The van der Waals surface area contributed by atoms with Gasteiger partial charge in [-0.2, -0.15) is 11.8 Å². The van der Waals surface area contributed by atoms with Crippen molar-refractivity contribution < 1.29 is 5.11 Å². The van der Waals surface area contributed by atoms with Crippen LogP contribution in [0, 0.1) is 0 Å². The number of rotatable bonds is 4. The first-order valence-corrected chi connectivity index (χ1v) is 7.41. The minimum Gasteiger partial charge on any atom is -0.508 e. The molecule has 2 atom stereocenters. The molecule has 3 heteroatoms. The molecule has 17 heavy (non-hydrogen) atoms.